The third-order valence-corrected chi connectivity index (χ3v) is 11.5. The molecule has 6 rings (SSSR count). The predicted molar refractivity (Wildman–Crippen MR) is 178 cm³/mol. The molecule has 2 aromatic rings. The maximum Gasteiger partial charge on any atom is 0.405 e. The number of β-lactam (4-membered cyclic amide) rings is 1. The molecule has 1 aromatic heterocycles. The lowest BCUT2D eigenvalue weighted by atomic mass is 10.1. The van der Waals surface area contributed by atoms with Crippen LogP contribution in [-0.2, 0) is 34.0 Å². The average Bonchev–Trinajstić information content (AvgIpc) is 4.02. The van der Waals surface area contributed by atoms with Crippen molar-refractivity contribution in [3.05, 3.63) is 43.1 Å². The second kappa shape index (κ2) is 13.8. The SMILES string of the molecule is C=C[C@@H]1C[C@]1(NC(=O)[C@@H]1C[C@@H](Oc2nccc3cc(OC)ccc23)CN1C(=O)[C@H](CCC(=O)N1CCC1=O)NC(=O)O)C(=O)NS(=O)(=O)C1CC1. The van der Waals surface area contributed by atoms with E-state index < -0.39 is 74.6 Å². The Kier molecular flexibility index (Phi) is 9.63. The zero-order chi connectivity index (χ0) is 36.7. The minimum absolute atomic E-state index is 0.0682. The van der Waals surface area contributed by atoms with E-state index in [2.05, 4.69) is 26.9 Å². The molecule has 18 heteroatoms. The summed E-state index contributed by atoms with van der Waals surface area (Å²) in [7, 11) is -2.42. The zero-order valence-electron chi connectivity index (χ0n) is 27.7. The van der Waals surface area contributed by atoms with Crippen molar-refractivity contribution in [1.82, 2.24) is 30.1 Å². The number of carbonyl (C=O) groups excluding carboxylic acids is 5. The number of nitrogens with one attached hydrogen (secondary N) is 3. The van der Waals surface area contributed by atoms with Crippen LogP contribution in [0.15, 0.2) is 43.1 Å². The van der Waals surface area contributed by atoms with E-state index in [1.807, 2.05) is 0 Å². The third-order valence-electron chi connectivity index (χ3n) is 9.70. The van der Waals surface area contributed by atoms with Crippen molar-refractivity contribution in [3.8, 4) is 11.6 Å². The van der Waals surface area contributed by atoms with Gasteiger partial charge >= 0.3 is 6.09 Å². The molecular weight excluding hydrogens is 688 g/mol. The smallest absolute Gasteiger partial charge is 0.405 e. The molecule has 3 heterocycles. The Morgan fingerprint density at radius 3 is 2.57 bits per heavy atom. The van der Waals surface area contributed by atoms with Crippen molar-refractivity contribution >= 4 is 56.4 Å². The van der Waals surface area contributed by atoms with Gasteiger partial charge in [-0.2, -0.15) is 0 Å². The zero-order valence-corrected chi connectivity index (χ0v) is 28.5. The second-order valence-electron chi connectivity index (χ2n) is 13.1. The highest BCUT2D eigenvalue weighted by molar-refractivity contribution is 7.91. The Balaban J connectivity index is 1.26. The number of carbonyl (C=O) groups is 6. The number of carboxylic acid groups (broad SMARTS) is 1. The highest BCUT2D eigenvalue weighted by Crippen LogP contribution is 2.45. The number of hydrogen-bond acceptors (Lipinski definition) is 11. The van der Waals surface area contributed by atoms with E-state index in [0.29, 0.717) is 24.0 Å². The van der Waals surface area contributed by atoms with Crippen LogP contribution < -0.4 is 24.8 Å². The highest BCUT2D eigenvalue weighted by Gasteiger charge is 2.62. The van der Waals surface area contributed by atoms with Gasteiger partial charge in [0.25, 0.3) is 5.91 Å². The first-order chi connectivity index (χ1) is 24.3. The van der Waals surface area contributed by atoms with Gasteiger partial charge in [0.2, 0.25) is 39.5 Å². The molecule has 51 heavy (non-hydrogen) atoms. The van der Waals surface area contributed by atoms with Crippen LogP contribution in [0.1, 0.15) is 44.9 Å². The number of sulfonamides is 1. The number of pyridine rings is 1. The molecule has 2 aliphatic carbocycles. The maximum atomic E-state index is 14.1. The molecule has 0 radical (unpaired) electrons. The van der Waals surface area contributed by atoms with Gasteiger partial charge in [0.15, 0.2) is 0 Å². The first-order valence-corrected chi connectivity index (χ1v) is 18.0. The fraction of sp³-hybridized carbons (Fsp3) is 0.485. The number of likely N-dealkylation sites (tertiary alicyclic amines) is 2. The number of hydrogen-bond donors (Lipinski definition) is 4. The largest absolute Gasteiger partial charge is 0.497 e. The van der Waals surface area contributed by atoms with Crippen LogP contribution in [0.3, 0.4) is 0 Å². The topological polar surface area (TPSA) is 231 Å². The summed E-state index contributed by atoms with van der Waals surface area (Å²) in [5.41, 5.74) is -1.64. The number of fused-ring (bicyclic) bond motifs is 1. The van der Waals surface area contributed by atoms with Crippen LogP contribution in [0.2, 0.25) is 0 Å². The van der Waals surface area contributed by atoms with E-state index in [9.17, 15) is 42.3 Å². The van der Waals surface area contributed by atoms with E-state index in [0.717, 1.165) is 15.2 Å². The Labute approximate surface area is 292 Å². The van der Waals surface area contributed by atoms with E-state index >= 15 is 0 Å². The summed E-state index contributed by atoms with van der Waals surface area (Å²) in [6, 6.07) is 4.20. The van der Waals surface area contributed by atoms with E-state index in [4.69, 9.17) is 9.47 Å². The fourth-order valence-electron chi connectivity index (χ4n) is 6.49. The lowest BCUT2D eigenvalue weighted by molar-refractivity contribution is -0.152. The summed E-state index contributed by atoms with van der Waals surface area (Å²) < 4.78 is 38.8. The monoisotopic (exact) mass is 726 g/mol. The van der Waals surface area contributed by atoms with Crippen LogP contribution >= 0.6 is 0 Å². The fourth-order valence-corrected chi connectivity index (χ4v) is 7.85. The number of aromatic nitrogens is 1. The van der Waals surface area contributed by atoms with Crippen molar-refractivity contribution in [1.29, 1.82) is 0 Å². The number of methoxy groups -OCH3 is 1. The minimum Gasteiger partial charge on any atom is -0.497 e. The lowest BCUT2D eigenvalue weighted by Gasteiger charge is -2.31. The maximum absolute atomic E-state index is 14.1. The van der Waals surface area contributed by atoms with Crippen molar-refractivity contribution in [2.24, 2.45) is 5.92 Å². The third kappa shape index (κ3) is 7.31. The van der Waals surface area contributed by atoms with Crippen LogP contribution in [0.4, 0.5) is 4.79 Å². The van der Waals surface area contributed by atoms with Crippen molar-refractivity contribution in [2.75, 3.05) is 20.2 Å². The van der Waals surface area contributed by atoms with Gasteiger partial charge in [0, 0.05) is 43.3 Å². The number of amides is 6. The summed E-state index contributed by atoms with van der Waals surface area (Å²) in [5.74, 6) is -3.29. The molecular formula is C33H38N6O11S. The molecule has 4 N–H and O–H groups in total. The van der Waals surface area contributed by atoms with Gasteiger partial charge in [-0.05, 0) is 55.3 Å². The average molecular weight is 727 g/mol. The summed E-state index contributed by atoms with van der Waals surface area (Å²) in [4.78, 5) is 84.1. The Bertz CT molecular complexity index is 1920. The van der Waals surface area contributed by atoms with Crippen LogP contribution in [0.25, 0.3) is 10.8 Å². The second-order valence-corrected chi connectivity index (χ2v) is 15.1. The van der Waals surface area contributed by atoms with Crippen molar-refractivity contribution < 1.29 is 51.8 Å². The number of rotatable bonds is 14. The molecule has 272 valence electrons. The Hall–Kier alpha value is -5.26. The normalized spacial score (nSPS) is 24.6. The molecule has 2 aliphatic heterocycles. The minimum atomic E-state index is -3.95. The first kappa shape index (κ1) is 35.6. The molecule has 2 saturated carbocycles. The first-order valence-electron chi connectivity index (χ1n) is 16.5. The quantitative estimate of drug-likeness (QED) is 0.154. The van der Waals surface area contributed by atoms with Gasteiger partial charge in [-0.1, -0.05) is 6.08 Å². The molecule has 0 spiro atoms. The molecule has 6 amide bonds. The molecule has 1 aromatic carbocycles. The summed E-state index contributed by atoms with van der Waals surface area (Å²) >= 11 is 0. The van der Waals surface area contributed by atoms with E-state index in [-0.39, 0.29) is 57.0 Å². The summed E-state index contributed by atoms with van der Waals surface area (Å²) in [5, 5.41) is 15.0. The highest BCUT2D eigenvalue weighted by atomic mass is 32.2. The van der Waals surface area contributed by atoms with Gasteiger partial charge in [-0.15, -0.1) is 6.58 Å². The molecule has 4 fully saturated rings. The molecule has 2 saturated heterocycles. The van der Waals surface area contributed by atoms with Crippen molar-refractivity contribution in [2.45, 2.75) is 73.9 Å². The predicted octanol–water partition coefficient (Wildman–Crippen LogP) is 0.436. The lowest BCUT2D eigenvalue weighted by Crippen LogP contribution is -2.58. The van der Waals surface area contributed by atoms with Gasteiger partial charge in [0.05, 0.1) is 18.9 Å². The summed E-state index contributed by atoms with van der Waals surface area (Å²) in [6.07, 6.45) is 0.933. The number of benzene rings is 1. The summed E-state index contributed by atoms with van der Waals surface area (Å²) in [6.45, 7) is 3.73. The molecule has 0 bridgehead atoms. The Morgan fingerprint density at radius 2 is 1.96 bits per heavy atom. The van der Waals surface area contributed by atoms with E-state index in [1.165, 1.54) is 19.4 Å². The number of nitrogens with zero attached hydrogens (tertiary/aromatic N) is 3. The molecule has 17 nitrogen and oxygen atoms in total. The van der Waals surface area contributed by atoms with Crippen LogP contribution in [0, 0.1) is 5.92 Å². The molecule has 5 atom stereocenters. The van der Waals surface area contributed by atoms with Crippen LogP contribution in [-0.4, -0.2) is 113 Å². The van der Waals surface area contributed by atoms with Gasteiger partial charge in [-0.3, -0.25) is 33.6 Å². The number of imide groups is 1. The van der Waals surface area contributed by atoms with Gasteiger partial charge < -0.3 is 30.1 Å². The van der Waals surface area contributed by atoms with Gasteiger partial charge in [-0.25, -0.2) is 18.2 Å². The molecule has 4 aliphatic rings. The van der Waals surface area contributed by atoms with Crippen LogP contribution in [0.5, 0.6) is 11.6 Å². The Morgan fingerprint density at radius 1 is 1.20 bits per heavy atom. The van der Waals surface area contributed by atoms with Crippen molar-refractivity contribution in [3.63, 3.8) is 0 Å². The van der Waals surface area contributed by atoms with Gasteiger partial charge in [0.1, 0.15) is 29.5 Å². The van der Waals surface area contributed by atoms with E-state index in [1.54, 1.807) is 24.3 Å². The number of ether oxygens (including phenoxy) is 2. The molecule has 0 unspecified atom stereocenters. The standard InChI is InChI=1S/C33H38N6O11S/c1-3-19-16-33(19,31(44)37-51(47,48)22-5-6-22)36-28(42)25-15-21(50-29-23-7-4-20(49-2)14-18(23)10-12-34-29)17-39(25)30(43)24(35-32(45)46)8-9-26(40)38-13-11-27(38)41/h3-4,7,10,12,14,19,21-22,24-25,35H,1,5-6,8-9,11,13,15-17H2,2H3,(H,36,42)(H,37,44)(H,45,46)/t19-,21-,24+,25+,33-/m1/s1.